The van der Waals surface area contributed by atoms with Crippen molar-refractivity contribution in [3.8, 4) is 0 Å². The monoisotopic (exact) mass is 268 g/mol. The number of aromatic carboxylic acids is 1. The van der Waals surface area contributed by atoms with Crippen LogP contribution in [0.25, 0.3) is 0 Å². The summed E-state index contributed by atoms with van der Waals surface area (Å²) in [5, 5.41) is 10.1. The molecule has 1 aromatic heterocycles. The van der Waals surface area contributed by atoms with Crippen LogP contribution in [0.2, 0.25) is 0 Å². The van der Waals surface area contributed by atoms with Gasteiger partial charge in [-0.1, -0.05) is 0 Å². The maximum Gasteiger partial charge on any atom is 0.390 e. The number of halogens is 3. The number of carboxylic acids is 1. The molecule has 0 aliphatic rings. The van der Waals surface area contributed by atoms with Gasteiger partial charge in [0.1, 0.15) is 0 Å². The molecule has 96 valence electrons. The van der Waals surface area contributed by atoms with Gasteiger partial charge in [0, 0.05) is 18.5 Å². The van der Waals surface area contributed by atoms with Gasteiger partial charge in [-0.15, -0.1) is 11.3 Å². The second kappa shape index (κ2) is 5.46. The van der Waals surface area contributed by atoms with Crippen LogP contribution in [0.1, 0.15) is 21.9 Å². The summed E-state index contributed by atoms with van der Waals surface area (Å²) in [5.74, 6) is -1.13. The van der Waals surface area contributed by atoms with E-state index in [4.69, 9.17) is 5.11 Å². The van der Waals surface area contributed by atoms with Crippen LogP contribution in [-0.2, 0) is 6.54 Å². The Morgan fingerprint density at radius 2 is 2.24 bits per heavy atom. The number of nitrogens with zero attached hydrogens (tertiary/aromatic N) is 2. The number of thiazole rings is 1. The molecule has 0 saturated heterocycles. The molecule has 1 rings (SSSR count). The Morgan fingerprint density at radius 3 is 2.71 bits per heavy atom. The first-order chi connectivity index (χ1) is 7.78. The molecule has 0 bridgehead atoms. The first-order valence-corrected chi connectivity index (χ1v) is 5.59. The smallest absolute Gasteiger partial charge is 0.390 e. The number of rotatable bonds is 5. The molecule has 0 saturated carbocycles. The normalized spacial score (nSPS) is 12.1. The molecule has 8 heteroatoms. The fourth-order valence-corrected chi connectivity index (χ4v) is 1.80. The standard InChI is InChI=1S/C9H11F3N2O2S/c1-14(3-2-9(10,11)12)4-6-5-17-7(13-6)8(15)16/h5H,2-4H2,1H3,(H,15,16). The van der Waals surface area contributed by atoms with E-state index in [0.717, 1.165) is 11.3 Å². The molecule has 1 aromatic rings. The summed E-state index contributed by atoms with van der Waals surface area (Å²) in [7, 11) is 1.53. The summed E-state index contributed by atoms with van der Waals surface area (Å²) >= 11 is 0.964. The summed E-state index contributed by atoms with van der Waals surface area (Å²) in [6.45, 7) is 0.0727. The number of aromatic nitrogens is 1. The molecule has 17 heavy (non-hydrogen) atoms. The van der Waals surface area contributed by atoms with Gasteiger partial charge in [-0.2, -0.15) is 13.2 Å². The maximum atomic E-state index is 11.9. The van der Waals surface area contributed by atoms with Crippen LogP contribution >= 0.6 is 11.3 Å². The fraction of sp³-hybridized carbons (Fsp3) is 0.556. The van der Waals surface area contributed by atoms with Gasteiger partial charge in [0.25, 0.3) is 0 Å². The van der Waals surface area contributed by atoms with Crippen LogP contribution < -0.4 is 0 Å². The highest BCUT2D eigenvalue weighted by Crippen LogP contribution is 2.20. The Morgan fingerprint density at radius 1 is 1.59 bits per heavy atom. The number of alkyl halides is 3. The lowest BCUT2D eigenvalue weighted by Crippen LogP contribution is -2.24. The van der Waals surface area contributed by atoms with Crippen LogP contribution in [-0.4, -0.2) is 40.7 Å². The van der Waals surface area contributed by atoms with Crippen LogP contribution in [0.4, 0.5) is 13.2 Å². The summed E-state index contributed by atoms with van der Waals surface area (Å²) in [5.41, 5.74) is 0.470. The number of carbonyl (C=O) groups is 1. The maximum absolute atomic E-state index is 11.9. The minimum atomic E-state index is -4.18. The van der Waals surface area contributed by atoms with Gasteiger partial charge in [-0.25, -0.2) is 9.78 Å². The van der Waals surface area contributed by atoms with Gasteiger partial charge < -0.3 is 10.0 Å². The average Bonchev–Trinajstić information content (AvgIpc) is 2.62. The third kappa shape index (κ3) is 5.14. The van der Waals surface area contributed by atoms with E-state index in [2.05, 4.69) is 4.98 Å². The van der Waals surface area contributed by atoms with E-state index >= 15 is 0 Å². The minimum absolute atomic E-state index is 0.0516. The number of carboxylic acid groups (broad SMARTS) is 1. The predicted octanol–water partition coefficient (Wildman–Crippen LogP) is 2.23. The van der Waals surface area contributed by atoms with E-state index in [0.29, 0.717) is 5.69 Å². The lowest BCUT2D eigenvalue weighted by molar-refractivity contribution is -0.137. The van der Waals surface area contributed by atoms with Crippen LogP contribution in [0, 0.1) is 0 Å². The van der Waals surface area contributed by atoms with Gasteiger partial charge in [0.15, 0.2) is 0 Å². The minimum Gasteiger partial charge on any atom is -0.476 e. The highest BCUT2D eigenvalue weighted by molar-refractivity contribution is 7.11. The summed E-state index contributed by atoms with van der Waals surface area (Å²) in [6, 6.07) is 0. The average molecular weight is 268 g/mol. The van der Waals surface area contributed by atoms with Gasteiger partial charge >= 0.3 is 12.1 Å². The number of hydrogen-bond donors (Lipinski definition) is 1. The van der Waals surface area contributed by atoms with E-state index < -0.39 is 18.6 Å². The molecular formula is C9H11F3N2O2S. The molecule has 0 spiro atoms. The fourth-order valence-electron chi connectivity index (χ4n) is 1.15. The molecule has 0 unspecified atom stereocenters. The van der Waals surface area contributed by atoms with Crippen molar-refractivity contribution in [2.45, 2.75) is 19.1 Å². The Hall–Kier alpha value is -1.15. The van der Waals surface area contributed by atoms with Crippen molar-refractivity contribution in [3.05, 3.63) is 16.1 Å². The second-order valence-electron chi connectivity index (χ2n) is 3.55. The Labute approximate surface area is 99.7 Å². The van der Waals surface area contributed by atoms with Crippen LogP contribution in [0.3, 0.4) is 0 Å². The van der Waals surface area contributed by atoms with E-state index in [1.165, 1.54) is 17.3 Å². The predicted molar refractivity (Wildman–Crippen MR) is 56.1 cm³/mol. The molecule has 0 amide bonds. The van der Waals surface area contributed by atoms with Gasteiger partial charge in [0.2, 0.25) is 5.01 Å². The van der Waals surface area contributed by atoms with E-state index in [1.54, 1.807) is 0 Å². The summed E-state index contributed by atoms with van der Waals surface area (Å²) in [6.07, 6.45) is -5.07. The molecule has 1 heterocycles. The Kier molecular flexibility index (Phi) is 4.47. The first kappa shape index (κ1) is 13.9. The molecular weight excluding hydrogens is 257 g/mol. The lowest BCUT2D eigenvalue weighted by Gasteiger charge is -2.16. The Bertz CT molecular complexity index is 392. The first-order valence-electron chi connectivity index (χ1n) is 4.71. The lowest BCUT2D eigenvalue weighted by atomic mass is 10.3. The van der Waals surface area contributed by atoms with Gasteiger partial charge in [-0.05, 0) is 7.05 Å². The van der Waals surface area contributed by atoms with Crippen molar-refractivity contribution in [2.75, 3.05) is 13.6 Å². The van der Waals surface area contributed by atoms with Gasteiger partial charge in [-0.3, -0.25) is 0 Å². The topological polar surface area (TPSA) is 53.4 Å². The van der Waals surface area contributed by atoms with Crippen LogP contribution in [0.5, 0.6) is 0 Å². The third-order valence-electron chi connectivity index (χ3n) is 1.94. The van der Waals surface area contributed by atoms with Crippen molar-refractivity contribution in [2.24, 2.45) is 0 Å². The zero-order valence-electron chi connectivity index (χ0n) is 8.99. The zero-order valence-corrected chi connectivity index (χ0v) is 9.81. The van der Waals surface area contributed by atoms with E-state index in [9.17, 15) is 18.0 Å². The Balaban J connectivity index is 2.45. The second-order valence-corrected chi connectivity index (χ2v) is 4.41. The van der Waals surface area contributed by atoms with E-state index in [1.807, 2.05) is 0 Å². The molecule has 0 aromatic carbocycles. The van der Waals surface area contributed by atoms with Crippen LogP contribution in [0.15, 0.2) is 5.38 Å². The summed E-state index contributed by atoms with van der Waals surface area (Å²) < 4.78 is 35.8. The molecule has 0 aliphatic carbocycles. The molecule has 1 N–H and O–H groups in total. The zero-order chi connectivity index (χ0) is 13.1. The van der Waals surface area contributed by atoms with Crippen molar-refractivity contribution in [1.29, 1.82) is 0 Å². The highest BCUT2D eigenvalue weighted by atomic mass is 32.1. The third-order valence-corrected chi connectivity index (χ3v) is 2.82. The van der Waals surface area contributed by atoms with Crippen molar-refractivity contribution in [3.63, 3.8) is 0 Å². The molecule has 4 nitrogen and oxygen atoms in total. The number of hydrogen-bond acceptors (Lipinski definition) is 4. The van der Waals surface area contributed by atoms with Gasteiger partial charge in [0.05, 0.1) is 12.1 Å². The molecule has 0 radical (unpaired) electrons. The van der Waals surface area contributed by atoms with Crippen molar-refractivity contribution >= 4 is 17.3 Å². The quantitative estimate of drug-likeness (QED) is 0.889. The van der Waals surface area contributed by atoms with E-state index in [-0.39, 0.29) is 18.1 Å². The summed E-state index contributed by atoms with van der Waals surface area (Å²) in [4.78, 5) is 15.8. The SMILES string of the molecule is CN(CCC(F)(F)F)Cc1csc(C(=O)O)n1. The molecule has 0 aliphatic heterocycles. The molecule has 0 fully saturated rings. The largest absolute Gasteiger partial charge is 0.476 e. The van der Waals surface area contributed by atoms with Crippen molar-refractivity contribution < 1.29 is 23.1 Å². The van der Waals surface area contributed by atoms with Crippen molar-refractivity contribution in [1.82, 2.24) is 9.88 Å². The highest BCUT2D eigenvalue weighted by Gasteiger charge is 2.27. The molecule has 0 atom stereocenters.